The first-order valence-electron chi connectivity index (χ1n) is 10.8. The van der Waals surface area contributed by atoms with Crippen molar-refractivity contribution < 1.29 is 18.5 Å². The van der Waals surface area contributed by atoms with Crippen molar-refractivity contribution in [2.75, 3.05) is 39.4 Å². The molecule has 1 saturated heterocycles. The Morgan fingerprint density at radius 3 is 2.72 bits per heavy atom. The van der Waals surface area contributed by atoms with Crippen LogP contribution >= 0.6 is 0 Å². The summed E-state index contributed by atoms with van der Waals surface area (Å²) in [5.41, 5.74) is 2.75. The molecule has 0 radical (unpaired) electrons. The molecule has 4 aromatic rings. The van der Waals surface area contributed by atoms with Crippen LogP contribution in [0.1, 0.15) is 16.8 Å². The van der Waals surface area contributed by atoms with Gasteiger partial charge in [-0.1, -0.05) is 35.5 Å². The van der Waals surface area contributed by atoms with E-state index in [9.17, 15) is 4.79 Å². The molecule has 1 amide bonds. The summed E-state index contributed by atoms with van der Waals surface area (Å²) in [6.45, 7) is 4.91. The standard InChI is InChI=1S/C24H24N4O4/c29-23(25-9-5-10-28-11-14-30-15-12-28)18-16-19(20-8-4-13-31-20)26-24-21(18)22(27-32-24)17-6-2-1-3-7-17/h1-4,6-8,13,16H,5,9-12,14-15H2,(H,25,29). The van der Waals surface area contributed by atoms with Crippen molar-refractivity contribution in [1.29, 1.82) is 0 Å². The predicted octanol–water partition coefficient (Wildman–Crippen LogP) is 3.60. The maximum atomic E-state index is 13.2. The molecule has 0 spiro atoms. The van der Waals surface area contributed by atoms with Gasteiger partial charge in [-0.15, -0.1) is 0 Å². The zero-order valence-corrected chi connectivity index (χ0v) is 17.6. The monoisotopic (exact) mass is 432 g/mol. The minimum absolute atomic E-state index is 0.187. The molecule has 0 bridgehead atoms. The molecular weight excluding hydrogens is 408 g/mol. The van der Waals surface area contributed by atoms with Crippen LogP contribution in [0.4, 0.5) is 0 Å². The highest BCUT2D eigenvalue weighted by Crippen LogP contribution is 2.32. The van der Waals surface area contributed by atoms with Gasteiger partial charge in [0, 0.05) is 25.2 Å². The highest BCUT2D eigenvalue weighted by Gasteiger charge is 2.22. The highest BCUT2D eigenvalue weighted by atomic mass is 16.5. The lowest BCUT2D eigenvalue weighted by atomic mass is 10.0. The first-order valence-corrected chi connectivity index (χ1v) is 10.8. The molecule has 3 aromatic heterocycles. The van der Waals surface area contributed by atoms with Gasteiger partial charge in [0.05, 0.1) is 30.4 Å². The van der Waals surface area contributed by atoms with Crippen molar-refractivity contribution >= 4 is 17.0 Å². The molecule has 1 aliphatic heterocycles. The number of aromatic nitrogens is 2. The van der Waals surface area contributed by atoms with E-state index in [1.165, 1.54) is 0 Å². The van der Waals surface area contributed by atoms with Gasteiger partial charge in [0.15, 0.2) is 5.76 Å². The number of morpholine rings is 1. The SMILES string of the molecule is O=C(NCCCN1CCOCC1)c1cc(-c2ccco2)nc2onc(-c3ccccc3)c12. The van der Waals surface area contributed by atoms with E-state index < -0.39 is 0 Å². The topological polar surface area (TPSA) is 93.6 Å². The fourth-order valence-electron chi connectivity index (χ4n) is 3.90. The Morgan fingerprint density at radius 1 is 1.09 bits per heavy atom. The zero-order chi connectivity index (χ0) is 21.8. The molecule has 164 valence electrons. The Labute approximate surface area is 185 Å². The first-order chi connectivity index (χ1) is 15.8. The van der Waals surface area contributed by atoms with Crippen LogP contribution in [-0.2, 0) is 4.74 Å². The third-order valence-corrected chi connectivity index (χ3v) is 5.55. The number of ether oxygens (including phenoxy) is 1. The molecule has 8 nitrogen and oxygen atoms in total. The molecule has 0 atom stereocenters. The Morgan fingerprint density at radius 2 is 1.94 bits per heavy atom. The van der Waals surface area contributed by atoms with E-state index in [2.05, 4.69) is 20.4 Å². The average Bonchev–Trinajstić information content (AvgIpc) is 3.53. The van der Waals surface area contributed by atoms with Gasteiger partial charge in [0.1, 0.15) is 11.4 Å². The van der Waals surface area contributed by atoms with Crippen molar-refractivity contribution in [2.45, 2.75) is 6.42 Å². The second kappa shape index (κ2) is 9.33. The van der Waals surface area contributed by atoms with Crippen molar-refractivity contribution in [3.05, 3.63) is 60.4 Å². The van der Waals surface area contributed by atoms with Gasteiger partial charge in [-0.3, -0.25) is 9.69 Å². The maximum absolute atomic E-state index is 13.2. The van der Waals surface area contributed by atoms with Gasteiger partial charge in [0.25, 0.3) is 11.6 Å². The number of hydrogen-bond acceptors (Lipinski definition) is 7. The van der Waals surface area contributed by atoms with E-state index in [4.69, 9.17) is 13.7 Å². The van der Waals surface area contributed by atoms with Crippen LogP contribution in [0.25, 0.3) is 33.8 Å². The van der Waals surface area contributed by atoms with Crippen molar-refractivity contribution in [3.63, 3.8) is 0 Å². The molecule has 1 aliphatic rings. The highest BCUT2D eigenvalue weighted by molar-refractivity contribution is 6.10. The summed E-state index contributed by atoms with van der Waals surface area (Å²) >= 11 is 0. The van der Waals surface area contributed by atoms with E-state index >= 15 is 0 Å². The Hall–Kier alpha value is -3.49. The van der Waals surface area contributed by atoms with Crippen molar-refractivity contribution in [3.8, 4) is 22.7 Å². The van der Waals surface area contributed by atoms with E-state index in [1.807, 2.05) is 30.3 Å². The lowest BCUT2D eigenvalue weighted by Crippen LogP contribution is -2.38. The van der Waals surface area contributed by atoms with Crippen LogP contribution < -0.4 is 5.32 Å². The quantitative estimate of drug-likeness (QED) is 0.446. The van der Waals surface area contributed by atoms with E-state index in [0.717, 1.165) is 44.8 Å². The molecule has 0 saturated carbocycles. The van der Waals surface area contributed by atoms with Gasteiger partial charge in [-0.05, 0) is 31.2 Å². The van der Waals surface area contributed by atoms with Crippen LogP contribution in [0.2, 0.25) is 0 Å². The van der Waals surface area contributed by atoms with Crippen LogP contribution in [0.5, 0.6) is 0 Å². The summed E-state index contributed by atoms with van der Waals surface area (Å²) in [5, 5.41) is 7.86. The zero-order valence-electron chi connectivity index (χ0n) is 17.6. The number of fused-ring (bicyclic) bond motifs is 1. The molecular formula is C24H24N4O4. The third kappa shape index (κ3) is 4.28. The number of pyridine rings is 1. The molecule has 1 fully saturated rings. The summed E-state index contributed by atoms with van der Waals surface area (Å²) < 4.78 is 16.4. The summed E-state index contributed by atoms with van der Waals surface area (Å²) in [5.74, 6) is 0.374. The number of nitrogens with zero attached hydrogens (tertiary/aromatic N) is 3. The minimum atomic E-state index is -0.187. The van der Waals surface area contributed by atoms with Crippen LogP contribution in [0.15, 0.2) is 63.7 Å². The van der Waals surface area contributed by atoms with Gasteiger partial charge in [0.2, 0.25) is 0 Å². The van der Waals surface area contributed by atoms with E-state index in [-0.39, 0.29) is 5.91 Å². The van der Waals surface area contributed by atoms with Gasteiger partial charge in [-0.25, -0.2) is 4.98 Å². The van der Waals surface area contributed by atoms with Crippen LogP contribution in [0.3, 0.4) is 0 Å². The molecule has 4 heterocycles. The minimum Gasteiger partial charge on any atom is -0.463 e. The second-order valence-corrected chi connectivity index (χ2v) is 7.67. The van der Waals surface area contributed by atoms with Crippen molar-refractivity contribution in [2.24, 2.45) is 0 Å². The number of carbonyl (C=O) groups is 1. The molecule has 32 heavy (non-hydrogen) atoms. The molecule has 1 aromatic carbocycles. The summed E-state index contributed by atoms with van der Waals surface area (Å²) in [6.07, 6.45) is 2.43. The number of amides is 1. The smallest absolute Gasteiger partial charge is 0.259 e. The third-order valence-electron chi connectivity index (χ3n) is 5.55. The van der Waals surface area contributed by atoms with Gasteiger partial charge < -0.3 is 19.0 Å². The fourth-order valence-corrected chi connectivity index (χ4v) is 3.90. The number of benzene rings is 1. The predicted molar refractivity (Wildman–Crippen MR) is 119 cm³/mol. The first kappa shape index (κ1) is 20.4. The van der Waals surface area contributed by atoms with Crippen LogP contribution in [0, 0.1) is 0 Å². The molecule has 8 heteroatoms. The summed E-state index contributed by atoms with van der Waals surface area (Å²) in [4.78, 5) is 20.1. The maximum Gasteiger partial charge on any atom is 0.259 e. The number of carbonyl (C=O) groups excluding carboxylic acids is 1. The van der Waals surface area contributed by atoms with Gasteiger partial charge >= 0.3 is 0 Å². The number of furan rings is 1. The summed E-state index contributed by atoms with van der Waals surface area (Å²) in [7, 11) is 0. The van der Waals surface area contributed by atoms with E-state index in [1.54, 1.807) is 24.5 Å². The Bertz CT molecular complexity index is 1180. The second-order valence-electron chi connectivity index (χ2n) is 7.67. The van der Waals surface area contributed by atoms with E-state index in [0.29, 0.717) is 40.4 Å². The lowest BCUT2D eigenvalue weighted by molar-refractivity contribution is 0.0374. The number of rotatable bonds is 7. The Kier molecular flexibility index (Phi) is 5.96. The van der Waals surface area contributed by atoms with Crippen LogP contribution in [-0.4, -0.2) is 60.3 Å². The van der Waals surface area contributed by atoms with Crippen molar-refractivity contribution in [1.82, 2.24) is 20.4 Å². The normalized spacial score (nSPS) is 14.6. The molecule has 0 aliphatic carbocycles. The largest absolute Gasteiger partial charge is 0.463 e. The Balaban J connectivity index is 1.42. The molecule has 1 N–H and O–H groups in total. The summed E-state index contributed by atoms with van der Waals surface area (Å²) in [6, 6.07) is 15.0. The van der Waals surface area contributed by atoms with Gasteiger partial charge in [-0.2, -0.15) is 0 Å². The fraction of sp³-hybridized carbons (Fsp3) is 0.292. The lowest BCUT2D eigenvalue weighted by Gasteiger charge is -2.26. The number of nitrogens with one attached hydrogen (secondary N) is 1. The molecule has 0 unspecified atom stereocenters. The molecule has 5 rings (SSSR count). The number of hydrogen-bond donors (Lipinski definition) is 1. The average molecular weight is 432 g/mol.